The molecule has 3 aromatic rings. The fourth-order valence-corrected chi connectivity index (χ4v) is 5.02. The van der Waals surface area contributed by atoms with Gasteiger partial charge in [-0.1, -0.05) is 41.1 Å². The van der Waals surface area contributed by atoms with Crippen LogP contribution in [0, 0.1) is 12.8 Å². The number of halogens is 1. The van der Waals surface area contributed by atoms with E-state index in [1.165, 1.54) is 12.7 Å². The fraction of sp³-hybridized carbons (Fsp3) is 0.320. The highest BCUT2D eigenvalue weighted by molar-refractivity contribution is 7.99. The molecule has 0 spiro atoms. The molecule has 0 bridgehead atoms. The zero-order valence-electron chi connectivity index (χ0n) is 19.4. The van der Waals surface area contributed by atoms with E-state index in [2.05, 4.69) is 51.4 Å². The number of aryl methyl sites for hydroxylation is 1. The second-order valence-corrected chi connectivity index (χ2v) is 9.53. The number of rotatable bonds is 7. The van der Waals surface area contributed by atoms with Gasteiger partial charge in [0.15, 0.2) is 5.82 Å². The molecule has 1 atom stereocenters. The summed E-state index contributed by atoms with van der Waals surface area (Å²) in [7, 11) is 3.08. The van der Waals surface area contributed by atoms with Gasteiger partial charge in [-0.3, -0.25) is 4.79 Å². The number of ether oxygens (including phenoxy) is 2. The highest BCUT2D eigenvalue weighted by atomic mass is 35.5. The third kappa shape index (κ3) is 5.56. The second kappa shape index (κ2) is 11.0. The van der Waals surface area contributed by atoms with Crippen molar-refractivity contribution < 1.29 is 14.3 Å². The highest BCUT2D eigenvalue weighted by Crippen LogP contribution is 2.37. The number of amides is 1. The van der Waals surface area contributed by atoms with E-state index < -0.39 is 0 Å². The monoisotopic (exact) mass is 498 g/mol. The van der Waals surface area contributed by atoms with E-state index in [4.69, 9.17) is 21.1 Å². The van der Waals surface area contributed by atoms with Crippen LogP contribution in [0.2, 0.25) is 5.02 Å². The van der Waals surface area contributed by atoms with Crippen molar-refractivity contribution >= 4 is 40.8 Å². The molecule has 4 rings (SSSR count). The van der Waals surface area contributed by atoms with Gasteiger partial charge >= 0.3 is 0 Å². The number of nitrogens with one attached hydrogen (secondary N) is 1. The molecule has 0 saturated carbocycles. The lowest BCUT2D eigenvalue weighted by Gasteiger charge is -2.33. The number of anilines is 2. The Bertz CT molecular complexity index is 1160. The molecule has 0 aliphatic carbocycles. The minimum Gasteiger partial charge on any atom is -0.495 e. The molecule has 1 amide bonds. The number of carbonyl (C=O) groups excluding carboxylic acids is 1. The quantitative estimate of drug-likeness (QED) is 0.463. The Hall–Kier alpha value is -2.97. The average molecular weight is 499 g/mol. The minimum absolute atomic E-state index is 0.0825. The Kier molecular flexibility index (Phi) is 7.80. The predicted octanol–water partition coefficient (Wildman–Crippen LogP) is 5.46. The van der Waals surface area contributed by atoms with Crippen molar-refractivity contribution in [3.05, 3.63) is 59.4 Å². The van der Waals surface area contributed by atoms with E-state index in [1.807, 2.05) is 0 Å². The smallest absolute Gasteiger partial charge is 0.229 e. The molecule has 1 saturated heterocycles. The number of benzene rings is 2. The van der Waals surface area contributed by atoms with Crippen LogP contribution in [0.4, 0.5) is 11.5 Å². The lowest BCUT2D eigenvalue weighted by molar-refractivity contribution is -0.120. The van der Waals surface area contributed by atoms with Crippen LogP contribution in [-0.2, 0) is 4.79 Å². The molecule has 34 heavy (non-hydrogen) atoms. The fourth-order valence-electron chi connectivity index (χ4n) is 3.90. The molecule has 0 unspecified atom stereocenters. The van der Waals surface area contributed by atoms with Crippen molar-refractivity contribution in [3.63, 3.8) is 0 Å². The number of aromatic nitrogens is 2. The summed E-state index contributed by atoms with van der Waals surface area (Å²) in [5.74, 6) is 1.49. The lowest BCUT2D eigenvalue weighted by atomic mass is 9.97. The van der Waals surface area contributed by atoms with Crippen LogP contribution in [-0.4, -0.2) is 43.2 Å². The van der Waals surface area contributed by atoms with Crippen LogP contribution in [0.25, 0.3) is 0 Å². The van der Waals surface area contributed by atoms with Crippen molar-refractivity contribution in [2.24, 2.45) is 5.92 Å². The Morgan fingerprint density at radius 2 is 1.85 bits per heavy atom. The Balaban J connectivity index is 1.49. The molecule has 1 fully saturated rings. The summed E-state index contributed by atoms with van der Waals surface area (Å²) in [5.41, 5.74) is 1.73. The van der Waals surface area contributed by atoms with Gasteiger partial charge in [0, 0.05) is 36.4 Å². The molecule has 1 aliphatic rings. The molecule has 2 heterocycles. The molecular formula is C25H27ClN4O3S. The van der Waals surface area contributed by atoms with Gasteiger partial charge in [0.25, 0.3) is 0 Å². The number of nitrogens with zero attached hydrogens (tertiary/aromatic N) is 3. The number of methoxy groups -OCH3 is 2. The molecule has 0 radical (unpaired) electrons. The topological polar surface area (TPSA) is 76.6 Å². The lowest BCUT2D eigenvalue weighted by Crippen LogP contribution is -2.41. The zero-order chi connectivity index (χ0) is 24.1. The van der Waals surface area contributed by atoms with Crippen molar-refractivity contribution in [2.75, 3.05) is 37.5 Å². The minimum atomic E-state index is -0.210. The largest absolute Gasteiger partial charge is 0.495 e. The van der Waals surface area contributed by atoms with Crippen LogP contribution in [0.5, 0.6) is 11.5 Å². The van der Waals surface area contributed by atoms with Crippen molar-refractivity contribution in [1.29, 1.82) is 0 Å². The summed E-state index contributed by atoms with van der Waals surface area (Å²) in [6.45, 7) is 3.44. The van der Waals surface area contributed by atoms with Gasteiger partial charge in [-0.25, -0.2) is 9.97 Å². The van der Waals surface area contributed by atoms with E-state index in [-0.39, 0.29) is 11.8 Å². The zero-order valence-corrected chi connectivity index (χ0v) is 20.9. The first kappa shape index (κ1) is 24.2. The van der Waals surface area contributed by atoms with Crippen LogP contribution in [0.3, 0.4) is 0 Å². The first-order chi connectivity index (χ1) is 16.5. The Labute approximate surface area is 208 Å². The summed E-state index contributed by atoms with van der Waals surface area (Å²) in [4.78, 5) is 25.6. The normalized spacial score (nSPS) is 15.6. The third-order valence-electron chi connectivity index (χ3n) is 5.71. The maximum Gasteiger partial charge on any atom is 0.229 e. The Morgan fingerprint density at radius 3 is 2.59 bits per heavy atom. The van der Waals surface area contributed by atoms with Crippen molar-refractivity contribution in [3.8, 4) is 11.5 Å². The molecule has 9 heteroatoms. The molecule has 2 aromatic carbocycles. The van der Waals surface area contributed by atoms with E-state index in [0.717, 1.165) is 35.1 Å². The highest BCUT2D eigenvalue weighted by Gasteiger charge is 2.29. The van der Waals surface area contributed by atoms with E-state index >= 15 is 0 Å². The summed E-state index contributed by atoms with van der Waals surface area (Å²) in [6.07, 6.45) is 5.06. The van der Waals surface area contributed by atoms with Crippen LogP contribution in [0.15, 0.2) is 58.7 Å². The standard InChI is InChI=1S/C25H27ClN4O3S/c1-16-6-8-18(9-7-16)34-25-23(27-10-11-28-25)30-12-4-5-17(15-30)24(31)29-20-13-19(26)21(32-2)14-22(20)33-3/h6-11,13-14,17H,4-5,12,15H2,1-3H3,(H,29,31)/t17-/m1/s1. The van der Waals surface area contributed by atoms with E-state index in [1.54, 1.807) is 43.4 Å². The first-order valence-corrected chi connectivity index (χ1v) is 12.2. The molecule has 1 aromatic heterocycles. The number of hydrogen-bond donors (Lipinski definition) is 1. The maximum atomic E-state index is 13.2. The van der Waals surface area contributed by atoms with Gasteiger partial charge < -0.3 is 19.7 Å². The van der Waals surface area contributed by atoms with Crippen LogP contribution < -0.4 is 19.7 Å². The van der Waals surface area contributed by atoms with E-state index in [9.17, 15) is 4.79 Å². The summed E-state index contributed by atoms with van der Waals surface area (Å²) >= 11 is 7.85. The van der Waals surface area contributed by atoms with Gasteiger partial charge in [0.05, 0.1) is 30.8 Å². The SMILES string of the molecule is COc1cc(OC)c(NC(=O)[C@@H]2CCCN(c3nccnc3Sc3ccc(C)cc3)C2)cc1Cl. The average Bonchev–Trinajstić information content (AvgIpc) is 2.86. The van der Waals surface area contributed by atoms with E-state index in [0.29, 0.717) is 28.8 Å². The third-order valence-corrected chi connectivity index (χ3v) is 6.99. The first-order valence-electron chi connectivity index (χ1n) is 11.0. The van der Waals surface area contributed by atoms with Gasteiger partial charge in [-0.05, 0) is 38.0 Å². The second-order valence-electron chi connectivity index (χ2n) is 8.06. The van der Waals surface area contributed by atoms with Gasteiger partial charge in [-0.2, -0.15) is 0 Å². The molecule has 7 nitrogen and oxygen atoms in total. The van der Waals surface area contributed by atoms with Gasteiger partial charge in [0.1, 0.15) is 16.5 Å². The predicted molar refractivity (Wildman–Crippen MR) is 135 cm³/mol. The maximum absolute atomic E-state index is 13.2. The van der Waals surface area contributed by atoms with Gasteiger partial charge in [-0.15, -0.1) is 0 Å². The molecule has 1 N–H and O–H groups in total. The number of carbonyl (C=O) groups is 1. The Morgan fingerprint density at radius 1 is 1.12 bits per heavy atom. The number of hydrogen-bond acceptors (Lipinski definition) is 7. The van der Waals surface area contributed by atoms with Crippen molar-refractivity contribution in [1.82, 2.24) is 9.97 Å². The molecule has 1 aliphatic heterocycles. The summed E-state index contributed by atoms with van der Waals surface area (Å²) in [5, 5.41) is 4.22. The summed E-state index contributed by atoms with van der Waals surface area (Å²) in [6, 6.07) is 11.6. The van der Waals surface area contributed by atoms with Gasteiger partial charge in [0.2, 0.25) is 5.91 Å². The van der Waals surface area contributed by atoms with Crippen molar-refractivity contribution in [2.45, 2.75) is 29.7 Å². The van der Waals surface area contributed by atoms with Crippen LogP contribution >= 0.6 is 23.4 Å². The molecule has 178 valence electrons. The number of piperidine rings is 1. The molecular weight excluding hydrogens is 472 g/mol. The summed E-state index contributed by atoms with van der Waals surface area (Å²) < 4.78 is 10.7. The van der Waals surface area contributed by atoms with Crippen LogP contribution in [0.1, 0.15) is 18.4 Å².